The standard InChI is InChI=1S/C17H16Cl2N4O2/c18-13-3-1-2-11(14(13)19)6-20-16-21-7-12(8-22-16)15(24)23-5-4-17(23)9-25-10-17/h1-3,7-8H,4-6,9-10H2,(H,20,21,22). The van der Waals surface area contributed by atoms with E-state index in [9.17, 15) is 4.79 Å². The van der Waals surface area contributed by atoms with Crippen LogP contribution in [0.1, 0.15) is 22.3 Å². The van der Waals surface area contributed by atoms with Crippen molar-refractivity contribution in [2.75, 3.05) is 25.1 Å². The van der Waals surface area contributed by atoms with Crippen LogP contribution in [0.4, 0.5) is 5.95 Å². The van der Waals surface area contributed by atoms with Gasteiger partial charge in [0.25, 0.3) is 5.91 Å². The maximum atomic E-state index is 12.5. The number of anilines is 1. The Morgan fingerprint density at radius 2 is 2.04 bits per heavy atom. The number of nitrogens with zero attached hydrogens (tertiary/aromatic N) is 3. The molecular weight excluding hydrogens is 363 g/mol. The number of amides is 1. The van der Waals surface area contributed by atoms with Crippen molar-refractivity contribution in [1.29, 1.82) is 0 Å². The van der Waals surface area contributed by atoms with Crippen molar-refractivity contribution in [2.45, 2.75) is 18.5 Å². The normalized spacial score (nSPS) is 17.8. The number of carbonyl (C=O) groups excluding carboxylic acids is 1. The third-order valence-corrected chi connectivity index (χ3v) is 5.59. The highest BCUT2D eigenvalue weighted by atomic mass is 35.5. The van der Waals surface area contributed by atoms with E-state index in [1.807, 2.05) is 17.0 Å². The molecule has 0 saturated carbocycles. The second-order valence-electron chi connectivity index (χ2n) is 6.29. The Kier molecular flexibility index (Phi) is 4.27. The van der Waals surface area contributed by atoms with Crippen LogP contribution in [0.2, 0.25) is 10.0 Å². The van der Waals surface area contributed by atoms with E-state index < -0.39 is 0 Å². The minimum atomic E-state index is -0.0860. The number of rotatable bonds is 4. The SMILES string of the molecule is O=C(c1cnc(NCc2cccc(Cl)c2Cl)nc1)N1CCC12COC2. The molecule has 130 valence electrons. The molecule has 0 aliphatic carbocycles. The number of ether oxygens (including phenoxy) is 1. The van der Waals surface area contributed by atoms with Gasteiger partial charge in [-0.3, -0.25) is 4.79 Å². The lowest BCUT2D eigenvalue weighted by Gasteiger charge is -2.57. The van der Waals surface area contributed by atoms with Crippen LogP contribution in [0.15, 0.2) is 30.6 Å². The van der Waals surface area contributed by atoms with Crippen molar-refractivity contribution in [3.63, 3.8) is 0 Å². The molecule has 3 heterocycles. The molecule has 1 amide bonds. The third-order valence-electron chi connectivity index (χ3n) is 4.73. The van der Waals surface area contributed by atoms with Crippen molar-refractivity contribution in [1.82, 2.24) is 14.9 Å². The van der Waals surface area contributed by atoms with Crippen LogP contribution >= 0.6 is 23.2 Å². The number of likely N-dealkylation sites (tertiary alicyclic amines) is 1. The van der Waals surface area contributed by atoms with Gasteiger partial charge >= 0.3 is 0 Å². The highest BCUT2D eigenvalue weighted by Gasteiger charge is 2.53. The lowest BCUT2D eigenvalue weighted by molar-refractivity contribution is -0.172. The van der Waals surface area contributed by atoms with E-state index in [-0.39, 0.29) is 11.4 Å². The first kappa shape index (κ1) is 16.6. The smallest absolute Gasteiger partial charge is 0.257 e. The summed E-state index contributed by atoms with van der Waals surface area (Å²) in [5.41, 5.74) is 1.25. The molecule has 0 bridgehead atoms. The molecule has 0 atom stereocenters. The molecule has 0 unspecified atom stereocenters. The second-order valence-corrected chi connectivity index (χ2v) is 7.07. The first-order chi connectivity index (χ1) is 12.1. The van der Waals surface area contributed by atoms with Crippen molar-refractivity contribution >= 4 is 35.1 Å². The molecule has 4 rings (SSSR count). The lowest BCUT2D eigenvalue weighted by atomic mass is 9.82. The van der Waals surface area contributed by atoms with Gasteiger partial charge in [-0.1, -0.05) is 35.3 Å². The summed E-state index contributed by atoms with van der Waals surface area (Å²) in [6, 6.07) is 5.45. The fourth-order valence-electron chi connectivity index (χ4n) is 3.04. The van der Waals surface area contributed by atoms with Gasteiger partial charge in [-0.25, -0.2) is 9.97 Å². The summed E-state index contributed by atoms with van der Waals surface area (Å²) >= 11 is 12.2. The molecule has 2 aliphatic rings. The van der Waals surface area contributed by atoms with Crippen LogP contribution in [0.25, 0.3) is 0 Å². The van der Waals surface area contributed by atoms with Gasteiger partial charge in [0, 0.05) is 25.5 Å². The Balaban J connectivity index is 1.40. The lowest BCUT2D eigenvalue weighted by Crippen LogP contribution is -2.72. The van der Waals surface area contributed by atoms with Gasteiger partial charge in [-0.05, 0) is 18.1 Å². The Morgan fingerprint density at radius 1 is 1.28 bits per heavy atom. The summed E-state index contributed by atoms with van der Waals surface area (Å²) in [6.45, 7) is 2.45. The molecule has 6 nitrogen and oxygen atoms in total. The fraction of sp³-hybridized carbons (Fsp3) is 0.353. The Bertz CT molecular complexity index is 803. The maximum Gasteiger partial charge on any atom is 0.257 e. The van der Waals surface area contributed by atoms with Crippen LogP contribution in [0, 0.1) is 0 Å². The minimum absolute atomic E-state index is 0.0426. The summed E-state index contributed by atoms with van der Waals surface area (Å²) in [4.78, 5) is 22.8. The third kappa shape index (κ3) is 2.94. The Hall–Kier alpha value is -1.89. The van der Waals surface area contributed by atoms with Crippen molar-refractivity contribution in [3.8, 4) is 0 Å². The summed E-state index contributed by atoms with van der Waals surface area (Å²) in [6.07, 6.45) is 4.09. The first-order valence-electron chi connectivity index (χ1n) is 7.98. The average Bonchev–Trinajstić information content (AvgIpc) is 2.54. The highest BCUT2D eigenvalue weighted by Crippen LogP contribution is 2.38. The van der Waals surface area contributed by atoms with Crippen molar-refractivity contribution in [3.05, 3.63) is 51.8 Å². The predicted octanol–water partition coefficient (Wildman–Crippen LogP) is 3.01. The van der Waals surface area contributed by atoms with Crippen molar-refractivity contribution < 1.29 is 9.53 Å². The molecule has 1 aromatic carbocycles. The summed E-state index contributed by atoms with van der Waals surface area (Å²) < 4.78 is 5.25. The number of hydrogen-bond acceptors (Lipinski definition) is 5. The number of aromatic nitrogens is 2. The zero-order valence-electron chi connectivity index (χ0n) is 13.3. The number of halogens is 2. The van der Waals surface area contributed by atoms with Crippen LogP contribution in [0.3, 0.4) is 0 Å². The largest absolute Gasteiger partial charge is 0.376 e. The quantitative estimate of drug-likeness (QED) is 0.885. The van der Waals surface area contributed by atoms with Gasteiger partial charge in [0.15, 0.2) is 0 Å². The summed E-state index contributed by atoms with van der Waals surface area (Å²) in [5.74, 6) is 0.386. The molecule has 8 heteroatoms. The predicted molar refractivity (Wildman–Crippen MR) is 95.0 cm³/mol. The average molecular weight is 379 g/mol. The van der Waals surface area contributed by atoms with Crippen LogP contribution in [-0.4, -0.2) is 46.1 Å². The Labute approximate surface area is 155 Å². The molecular formula is C17H16Cl2N4O2. The molecule has 2 aromatic rings. The maximum absolute atomic E-state index is 12.5. The zero-order chi connectivity index (χ0) is 17.4. The van der Waals surface area contributed by atoms with Crippen LogP contribution < -0.4 is 5.32 Å². The molecule has 2 fully saturated rings. The van der Waals surface area contributed by atoms with Gasteiger partial charge in [-0.2, -0.15) is 0 Å². The van der Waals surface area contributed by atoms with E-state index in [4.69, 9.17) is 27.9 Å². The number of benzene rings is 1. The Morgan fingerprint density at radius 3 is 2.64 bits per heavy atom. The highest BCUT2D eigenvalue weighted by molar-refractivity contribution is 6.42. The fourth-order valence-corrected chi connectivity index (χ4v) is 3.43. The van der Waals surface area contributed by atoms with E-state index in [1.54, 1.807) is 18.5 Å². The molecule has 2 saturated heterocycles. The number of hydrogen-bond donors (Lipinski definition) is 1. The molecule has 25 heavy (non-hydrogen) atoms. The van der Waals surface area contributed by atoms with Gasteiger partial charge in [0.1, 0.15) is 0 Å². The van der Waals surface area contributed by atoms with E-state index in [2.05, 4.69) is 15.3 Å². The van der Waals surface area contributed by atoms with E-state index in [0.29, 0.717) is 41.3 Å². The van der Waals surface area contributed by atoms with E-state index >= 15 is 0 Å². The topological polar surface area (TPSA) is 67.4 Å². The van der Waals surface area contributed by atoms with Gasteiger partial charge in [0.2, 0.25) is 5.95 Å². The summed E-state index contributed by atoms with van der Waals surface area (Å²) in [7, 11) is 0. The zero-order valence-corrected chi connectivity index (χ0v) is 14.8. The first-order valence-corrected chi connectivity index (χ1v) is 8.73. The van der Waals surface area contributed by atoms with E-state index in [0.717, 1.165) is 18.5 Å². The number of nitrogens with one attached hydrogen (secondary N) is 1. The summed E-state index contributed by atoms with van der Waals surface area (Å²) in [5, 5.41) is 4.10. The monoisotopic (exact) mass is 378 g/mol. The molecule has 0 radical (unpaired) electrons. The van der Waals surface area contributed by atoms with Gasteiger partial charge < -0.3 is 15.0 Å². The minimum Gasteiger partial charge on any atom is -0.376 e. The van der Waals surface area contributed by atoms with Gasteiger partial charge in [0.05, 0.1) is 34.4 Å². The van der Waals surface area contributed by atoms with Crippen LogP contribution in [0.5, 0.6) is 0 Å². The molecule has 1 aromatic heterocycles. The van der Waals surface area contributed by atoms with Crippen molar-refractivity contribution in [2.24, 2.45) is 0 Å². The molecule has 1 N–H and O–H groups in total. The van der Waals surface area contributed by atoms with Crippen LogP contribution in [-0.2, 0) is 11.3 Å². The molecule has 2 aliphatic heterocycles. The second kappa shape index (κ2) is 6.44. The number of carbonyl (C=O) groups is 1. The van der Waals surface area contributed by atoms with E-state index in [1.165, 1.54) is 0 Å². The molecule has 1 spiro atoms. The van der Waals surface area contributed by atoms with Gasteiger partial charge in [-0.15, -0.1) is 0 Å².